The number of carbonyl (C=O) groups is 1. The quantitative estimate of drug-likeness (QED) is 0.794. The summed E-state index contributed by atoms with van der Waals surface area (Å²) in [7, 11) is 1.69. The van der Waals surface area contributed by atoms with Crippen molar-refractivity contribution < 1.29 is 9.21 Å². The molecule has 0 saturated carbocycles. The van der Waals surface area contributed by atoms with E-state index in [2.05, 4.69) is 30.8 Å². The second-order valence-corrected chi connectivity index (χ2v) is 3.12. The van der Waals surface area contributed by atoms with E-state index in [4.69, 9.17) is 4.42 Å². The van der Waals surface area contributed by atoms with Crippen molar-refractivity contribution in [2.24, 2.45) is 0 Å². The summed E-state index contributed by atoms with van der Waals surface area (Å²) in [6.45, 7) is 1.63. The van der Waals surface area contributed by atoms with Crippen LogP contribution in [0.3, 0.4) is 0 Å². The SMILES string of the molecule is CNc1cncc(C(=O)Nc2nnc(C)o2)n1. The van der Waals surface area contributed by atoms with Crippen molar-refractivity contribution in [3.05, 3.63) is 24.0 Å². The Morgan fingerprint density at radius 1 is 1.35 bits per heavy atom. The molecule has 0 radical (unpaired) electrons. The topological polar surface area (TPSA) is 106 Å². The number of rotatable bonds is 3. The van der Waals surface area contributed by atoms with Gasteiger partial charge >= 0.3 is 6.01 Å². The molecular weight excluding hydrogens is 224 g/mol. The number of hydrogen-bond acceptors (Lipinski definition) is 7. The lowest BCUT2D eigenvalue weighted by atomic mass is 10.4. The van der Waals surface area contributed by atoms with Gasteiger partial charge in [-0.2, -0.15) is 0 Å². The molecule has 2 rings (SSSR count). The fraction of sp³-hybridized carbons (Fsp3) is 0.222. The first-order valence-electron chi connectivity index (χ1n) is 4.80. The van der Waals surface area contributed by atoms with Gasteiger partial charge in [0.15, 0.2) is 0 Å². The molecule has 0 aliphatic heterocycles. The first-order valence-corrected chi connectivity index (χ1v) is 4.80. The van der Waals surface area contributed by atoms with Crippen LogP contribution in [0, 0.1) is 6.92 Å². The minimum Gasteiger partial charge on any atom is -0.408 e. The van der Waals surface area contributed by atoms with Gasteiger partial charge in [0.25, 0.3) is 5.91 Å². The van der Waals surface area contributed by atoms with Gasteiger partial charge in [0.1, 0.15) is 11.5 Å². The smallest absolute Gasteiger partial charge is 0.322 e. The molecule has 0 aromatic carbocycles. The molecule has 0 atom stereocenters. The van der Waals surface area contributed by atoms with E-state index < -0.39 is 5.91 Å². The van der Waals surface area contributed by atoms with Crippen molar-refractivity contribution in [1.82, 2.24) is 20.2 Å². The normalized spacial score (nSPS) is 10.0. The summed E-state index contributed by atoms with van der Waals surface area (Å²) in [5, 5.41) is 12.4. The van der Waals surface area contributed by atoms with Crippen LogP contribution in [-0.4, -0.2) is 33.1 Å². The van der Waals surface area contributed by atoms with E-state index in [9.17, 15) is 4.79 Å². The Bertz CT molecular complexity index is 538. The van der Waals surface area contributed by atoms with Gasteiger partial charge in [0.2, 0.25) is 5.89 Å². The first kappa shape index (κ1) is 11.0. The number of carbonyl (C=O) groups excluding carboxylic acids is 1. The molecule has 2 N–H and O–H groups in total. The average molecular weight is 234 g/mol. The molecule has 2 aromatic heterocycles. The maximum Gasteiger partial charge on any atom is 0.322 e. The van der Waals surface area contributed by atoms with Gasteiger partial charge in [-0.05, 0) is 0 Å². The third-order valence-corrected chi connectivity index (χ3v) is 1.87. The standard InChI is InChI=1S/C9H10N6O2/c1-5-14-15-9(17-5)13-8(16)6-3-11-4-7(10-2)12-6/h3-4H,1-2H3,(H,10,12)(H,13,15,16). The van der Waals surface area contributed by atoms with Gasteiger partial charge in [-0.15, -0.1) is 5.10 Å². The van der Waals surface area contributed by atoms with Crippen molar-refractivity contribution in [3.8, 4) is 0 Å². The monoisotopic (exact) mass is 234 g/mol. The molecule has 2 aromatic rings. The van der Waals surface area contributed by atoms with Crippen LogP contribution in [0.1, 0.15) is 16.4 Å². The van der Waals surface area contributed by atoms with E-state index in [-0.39, 0.29) is 11.7 Å². The number of nitrogens with zero attached hydrogens (tertiary/aromatic N) is 4. The summed E-state index contributed by atoms with van der Waals surface area (Å²) in [5.41, 5.74) is 0.160. The largest absolute Gasteiger partial charge is 0.408 e. The molecule has 8 heteroatoms. The maximum absolute atomic E-state index is 11.7. The minimum atomic E-state index is -0.460. The second kappa shape index (κ2) is 4.56. The van der Waals surface area contributed by atoms with Crippen LogP contribution in [0.5, 0.6) is 0 Å². The predicted molar refractivity (Wildman–Crippen MR) is 58.6 cm³/mol. The first-order chi connectivity index (χ1) is 8.19. The summed E-state index contributed by atoms with van der Waals surface area (Å²) in [4.78, 5) is 19.6. The number of anilines is 2. The zero-order chi connectivity index (χ0) is 12.3. The summed E-state index contributed by atoms with van der Waals surface area (Å²) in [6, 6.07) is 0.0316. The molecule has 88 valence electrons. The van der Waals surface area contributed by atoms with Crippen LogP contribution >= 0.6 is 0 Å². The predicted octanol–water partition coefficient (Wildman–Crippen LogP) is 0.462. The highest BCUT2D eigenvalue weighted by Gasteiger charge is 2.12. The Morgan fingerprint density at radius 2 is 2.18 bits per heavy atom. The Hall–Kier alpha value is -2.51. The zero-order valence-corrected chi connectivity index (χ0v) is 9.26. The molecule has 0 fully saturated rings. The highest BCUT2D eigenvalue weighted by Crippen LogP contribution is 2.07. The van der Waals surface area contributed by atoms with Crippen molar-refractivity contribution >= 4 is 17.7 Å². The van der Waals surface area contributed by atoms with E-state index in [1.165, 1.54) is 12.4 Å². The summed E-state index contributed by atoms with van der Waals surface area (Å²) < 4.78 is 5.01. The van der Waals surface area contributed by atoms with E-state index in [0.717, 1.165) is 0 Å². The average Bonchev–Trinajstić information content (AvgIpc) is 2.75. The molecule has 8 nitrogen and oxygen atoms in total. The maximum atomic E-state index is 11.7. The van der Waals surface area contributed by atoms with E-state index in [0.29, 0.717) is 11.7 Å². The van der Waals surface area contributed by atoms with Crippen molar-refractivity contribution in [3.63, 3.8) is 0 Å². The zero-order valence-electron chi connectivity index (χ0n) is 9.26. The third-order valence-electron chi connectivity index (χ3n) is 1.87. The molecular formula is C9H10N6O2. The fourth-order valence-electron chi connectivity index (χ4n) is 1.10. The van der Waals surface area contributed by atoms with Crippen molar-refractivity contribution in [2.45, 2.75) is 6.92 Å². The van der Waals surface area contributed by atoms with Crippen LogP contribution in [0.25, 0.3) is 0 Å². The Morgan fingerprint density at radius 3 is 2.82 bits per heavy atom. The third kappa shape index (κ3) is 2.54. The van der Waals surface area contributed by atoms with Gasteiger partial charge in [-0.25, -0.2) is 4.98 Å². The van der Waals surface area contributed by atoms with E-state index >= 15 is 0 Å². The van der Waals surface area contributed by atoms with Crippen LogP contribution < -0.4 is 10.6 Å². The molecule has 0 aliphatic carbocycles. The highest BCUT2D eigenvalue weighted by molar-refractivity contribution is 6.01. The van der Waals surface area contributed by atoms with Crippen molar-refractivity contribution in [2.75, 3.05) is 17.7 Å². The molecule has 0 aliphatic rings. The number of aromatic nitrogens is 4. The van der Waals surface area contributed by atoms with Crippen LogP contribution in [0.2, 0.25) is 0 Å². The number of aryl methyl sites for hydroxylation is 1. The lowest BCUT2D eigenvalue weighted by Crippen LogP contribution is -2.15. The Balaban J connectivity index is 2.14. The molecule has 0 bridgehead atoms. The molecule has 1 amide bonds. The number of hydrogen-bond donors (Lipinski definition) is 2. The minimum absolute atomic E-state index is 0.0316. The summed E-state index contributed by atoms with van der Waals surface area (Å²) in [6.07, 6.45) is 2.85. The van der Waals surface area contributed by atoms with E-state index in [1.807, 2.05) is 0 Å². The van der Waals surface area contributed by atoms with Gasteiger partial charge in [0, 0.05) is 14.0 Å². The summed E-state index contributed by atoms with van der Waals surface area (Å²) >= 11 is 0. The Labute approximate surface area is 96.5 Å². The van der Waals surface area contributed by atoms with Gasteiger partial charge in [-0.3, -0.25) is 15.1 Å². The van der Waals surface area contributed by atoms with Crippen molar-refractivity contribution in [1.29, 1.82) is 0 Å². The Kier molecular flexibility index (Phi) is 2.95. The van der Waals surface area contributed by atoms with Gasteiger partial charge in [0.05, 0.1) is 12.4 Å². The summed E-state index contributed by atoms with van der Waals surface area (Å²) in [5.74, 6) is 0.410. The highest BCUT2D eigenvalue weighted by atomic mass is 16.4. The molecule has 0 unspecified atom stereocenters. The molecule has 0 spiro atoms. The van der Waals surface area contributed by atoms with Crippen LogP contribution in [-0.2, 0) is 0 Å². The van der Waals surface area contributed by atoms with Gasteiger partial charge < -0.3 is 9.73 Å². The molecule has 0 saturated heterocycles. The lowest BCUT2D eigenvalue weighted by Gasteiger charge is -2.01. The van der Waals surface area contributed by atoms with Crippen LogP contribution in [0.4, 0.5) is 11.8 Å². The van der Waals surface area contributed by atoms with Gasteiger partial charge in [-0.1, -0.05) is 5.10 Å². The fourth-order valence-corrected chi connectivity index (χ4v) is 1.10. The second-order valence-electron chi connectivity index (χ2n) is 3.12. The lowest BCUT2D eigenvalue weighted by molar-refractivity contribution is 0.101. The molecule has 17 heavy (non-hydrogen) atoms. The number of amides is 1. The van der Waals surface area contributed by atoms with E-state index in [1.54, 1.807) is 14.0 Å². The number of nitrogens with one attached hydrogen (secondary N) is 2. The molecule has 2 heterocycles. The van der Waals surface area contributed by atoms with Crippen LogP contribution in [0.15, 0.2) is 16.8 Å².